The summed E-state index contributed by atoms with van der Waals surface area (Å²) in [5, 5.41) is 2.37. The number of carbonyl (C=O) groups excluding carboxylic acids is 2. The third-order valence-corrected chi connectivity index (χ3v) is 2.32. The van der Waals surface area contributed by atoms with Crippen LogP contribution in [0.5, 0.6) is 0 Å². The van der Waals surface area contributed by atoms with Crippen molar-refractivity contribution >= 4 is 23.7 Å². The lowest BCUT2D eigenvalue weighted by Gasteiger charge is -2.13. The highest BCUT2D eigenvalue weighted by Gasteiger charge is 2.17. The summed E-state index contributed by atoms with van der Waals surface area (Å²) in [4.78, 5) is 22.6. The van der Waals surface area contributed by atoms with Crippen molar-refractivity contribution in [3.05, 3.63) is 0 Å². The van der Waals surface area contributed by atoms with Crippen molar-refractivity contribution in [1.29, 1.82) is 0 Å². The molecule has 0 fully saturated rings. The topological polar surface area (TPSA) is 64.6 Å². The van der Waals surface area contributed by atoms with E-state index < -0.39 is 18.1 Å². The second-order valence-electron chi connectivity index (χ2n) is 4.39. The molecule has 0 aromatic rings. The monoisotopic (exact) mass is 279 g/mol. The minimum atomic E-state index is -0.716. The zero-order chi connectivity index (χ0) is 14.0. The Morgan fingerprint density at radius 2 is 1.83 bits per heavy atom. The molecule has 0 aliphatic heterocycles. The minimum Gasteiger partial charge on any atom is -0.464 e. The molecule has 0 saturated heterocycles. The molecular formula is C12H22ClNO4. The van der Waals surface area contributed by atoms with Gasteiger partial charge in [0.2, 0.25) is 0 Å². The van der Waals surface area contributed by atoms with Crippen LogP contribution in [0.25, 0.3) is 0 Å². The molecule has 0 aliphatic carbocycles. The first-order valence-corrected chi connectivity index (χ1v) is 6.66. The van der Waals surface area contributed by atoms with Crippen LogP contribution in [0.4, 0.5) is 4.79 Å². The van der Waals surface area contributed by atoms with Crippen LogP contribution in [0.2, 0.25) is 0 Å². The van der Waals surface area contributed by atoms with Crippen LogP contribution in [0.15, 0.2) is 0 Å². The molecule has 0 spiro atoms. The Balaban J connectivity index is 3.72. The number of ether oxygens (including phenoxy) is 2. The molecule has 1 N–H and O–H groups in total. The van der Waals surface area contributed by atoms with Gasteiger partial charge in [-0.05, 0) is 25.7 Å². The number of esters is 1. The van der Waals surface area contributed by atoms with Crippen LogP contribution in [0.1, 0.15) is 33.6 Å². The quantitative estimate of drug-likeness (QED) is 0.421. The van der Waals surface area contributed by atoms with Crippen molar-refractivity contribution in [2.45, 2.75) is 39.7 Å². The maximum atomic E-state index is 11.5. The largest absolute Gasteiger partial charge is 0.464 e. The van der Waals surface area contributed by atoms with Gasteiger partial charge in [0.15, 0.2) is 0 Å². The molecule has 0 heterocycles. The van der Waals surface area contributed by atoms with Gasteiger partial charge in [-0.1, -0.05) is 13.8 Å². The standard InChI is InChI=1S/C12H22ClNO4/c1-9(2)5-4-7-17-11(15)10(3)14-12(16)18-8-6-13/h9-10H,4-8H2,1-3H3,(H,14,16). The van der Waals surface area contributed by atoms with E-state index in [0.717, 1.165) is 12.8 Å². The number of alkyl halides is 1. The Labute approximate surface area is 113 Å². The summed E-state index contributed by atoms with van der Waals surface area (Å²) >= 11 is 5.36. The van der Waals surface area contributed by atoms with E-state index in [9.17, 15) is 9.59 Å². The molecule has 1 amide bonds. The molecule has 18 heavy (non-hydrogen) atoms. The molecule has 0 saturated carbocycles. The van der Waals surface area contributed by atoms with Crippen LogP contribution in [0, 0.1) is 5.92 Å². The Morgan fingerprint density at radius 3 is 2.39 bits per heavy atom. The molecule has 5 nitrogen and oxygen atoms in total. The Hall–Kier alpha value is -0.970. The predicted molar refractivity (Wildman–Crippen MR) is 69.7 cm³/mol. The van der Waals surface area contributed by atoms with Gasteiger partial charge in [-0.25, -0.2) is 9.59 Å². The highest BCUT2D eigenvalue weighted by Crippen LogP contribution is 2.03. The van der Waals surface area contributed by atoms with Gasteiger partial charge in [-0.15, -0.1) is 11.6 Å². The van der Waals surface area contributed by atoms with Gasteiger partial charge in [-0.3, -0.25) is 0 Å². The van der Waals surface area contributed by atoms with Crippen LogP contribution in [0.3, 0.4) is 0 Å². The molecule has 1 atom stereocenters. The lowest BCUT2D eigenvalue weighted by molar-refractivity contribution is -0.145. The fourth-order valence-electron chi connectivity index (χ4n) is 1.20. The van der Waals surface area contributed by atoms with Gasteiger partial charge in [0, 0.05) is 0 Å². The van der Waals surface area contributed by atoms with Gasteiger partial charge in [-0.2, -0.15) is 0 Å². The van der Waals surface area contributed by atoms with E-state index >= 15 is 0 Å². The van der Waals surface area contributed by atoms with Crippen LogP contribution in [-0.2, 0) is 14.3 Å². The highest BCUT2D eigenvalue weighted by molar-refractivity contribution is 6.18. The number of amides is 1. The average molecular weight is 280 g/mol. The summed E-state index contributed by atoms with van der Waals surface area (Å²) in [6.45, 7) is 6.26. The summed E-state index contributed by atoms with van der Waals surface area (Å²) in [5.74, 6) is 0.355. The molecule has 0 bridgehead atoms. The molecule has 1 unspecified atom stereocenters. The lowest BCUT2D eigenvalue weighted by atomic mass is 10.1. The number of hydrogen-bond acceptors (Lipinski definition) is 4. The molecule has 106 valence electrons. The maximum Gasteiger partial charge on any atom is 0.407 e. The molecule has 0 aromatic heterocycles. The van der Waals surface area contributed by atoms with E-state index in [1.807, 2.05) is 0 Å². The van der Waals surface area contributed by atoms with E-state index in [1.165, 1.54) is 0 Å². The lowest BCUT2D eigenvalue weighted by Crippen LogP contribution is -2.40. The summed E-state index contributed by atoms with van der Waals surface area (Å²) in [7, 11) is 0. The van der Waals surface area contributed by atoms with Gasteiger partial charge in [0.25, 0.3) is 0 Å². The third-order valence-electron chi connectivity index (χ3n) is 2.17. The Kier molecular flexibility index (Phi) is 9.46. The second kappa shape index (κ2) is 10.00. The van der Waals surface area contributed by atoms with Gasteiger partial charge < -0.3 is 14.8 Å². The van der Waals surface area contributed by atoms with Gasteiger partial charge in [0.1, 0.15) is 12.6 Å². The zero-order valence-electron chi connectivity index (χ0n) is 11.2. The predicted octanol–water partition coefficient (Wildman–Crippen LogP) is 2.32. The van der Waals surface area contributed by atoms with Crippen molar-refractivity contribution in [3.63, 3.8) is 0 Å². The van der Waals surface area contributed by atoms with E-state index in [2.05, 4.69) is 23.9 Å². The number of carbonyl (C=O) groups is 2. The maximum absolute atomic E-state index is 11.5. The summed E-state index contributed by atoms with van der Waals surface area (Å²) in [6.07, 6.45) is 1.17. The van der Waals surface area contributed by atoms with Crippen molar-refractivity contribution < 1.29 is 19.1 Å². The van der Waals surface area contributed by atoms with Crippen LogP contribution in [-0.4, -0.2) is 37.2 Å². The number of halogens is 1. The van der Waals surface area contributed by atoms with E-state index in [1.54, 1.807) is 6.92 Å². The second-order valence-corrected chi connectivity index (χ2v) is 4.77. The van der Waals surface area contributed by atoms with Crippen LogP contribution >= 0.6 is 11.6 Å². The SMILES string of the molecule is CC(C)CCCOC(=O)C(C)NC(=O)OCCCl. The fraction of sp³-hybridized carbons (Fsp3) is 0.833. The third kappa shape index (κ3) is 9.10. The number of alkyl carbamates (subject to hydrolysis) is 1. The average Bonchev–Trinajstić information content (AvgIpc) is 2.31. The molecular weight excluding hydrogens is 258 g/mol. The van der Waals surface area contributed by atoms with E-state index in [-0.39, 0.29) is 12.5 Å². The molecule has 0 aliphatic rings. The number of hydrogen-bond donors (Lipinski definition) is 1. The van der Waals surface area contributed by atoms with E-state index in [4.69, 9.17) is 16.3 Å². The molecule has 0 radical (unpaired) electrons. The Morgan fingerprint density at radius 1 is 1.17 bits per heavy atom. The normalized spacial score (nSPS) is 12.1. The number of nitrogens with one attached hydrogen (secondary N) is 1. The zero-order valence-corrected chi connectivity index (χ0v) is 12.0. The van der Waals surface area contributed by atoms with Gasteiger partial charge in [0.05, 0.1) is 12.5 Å². The van der Waals surface area contributed by atoms with Crippen molar-refractivity contribution in [3.8, 4) is 0 Å². The van der Waals surface area contributed by atoms with E-state index in [0.29, 0.717) is 12.5 Å². The summed E-state index contributed by atoms with van der Waals surface area (Å²) in [5.41, 5.74) is 0. The minimum absolute atomic E-state index is 0.115. The fourth-order valence-corrected chi connectivity index (χ4v) is 1.28. The molecule has 6 heteroatoms. The van der Waals surface area contributed by atoms with Gasteiger partial charge >= 0.3 is 12.1 Å². The molecule has 0 rings (SSSR count). The summed E-state index contributed by atoms with van der Waals surface area (Å²) < 4.78 is 9.70. The summed E-state index contributed by atoms with van der Waals surface area (Å²) in [6, 6.07) is -0.716. The van der Waals surface area contributed by atoms with Crippen molar-refractivity contribution in [2.24, 2.45) is 5.92 Å². The first-order valence-electron chi connectivity index (χ1n) is 6.13. The highest BCUT2D eigenvalue weighted by atomic mass is 35.5. The Bertz CT molecular complexity index is 258. The first kappa shape index (κ1) is 17.0. The number of rotatable bonds is 8. The molecule has 0 aromatic carbocycles. The van der Waals surface area contributed by atoms with Crippen molar-refractivity contribution in [1.82, 2.24) is 5.32 Å². The first-order chi connectivity index (χ1) is 8.47. The smallest absolute Gasteiger partial charge is 0.407 e. The van der Waals surface area contributed by atoms with Crippen LogP contribution < -0.4 is 5.32 Å². The van der Waals surface area contributed by atoms with Crippen molar-refractivity contribution in [2.75, 3.05) is 19.1 Å².